The van der Waals surface area contributed by atoms with Crippen LogP contribution < -0.4 is 4.74 Å². The Balaban J connectivity index is 2.31. The van der Waals surface area contributed by atoms with E-state index in [0.717, 1.165) is 31.2 Å². The Labute approximate surface area is 208 Å². The van der Waals surface area contributed by atoms with E-state index < -0.39 is 0 Å². The summed E-state index contributed by atoms with van der Waals surface area (Å²) >= 11 is 7.04. The standard InChI is InChI=1S/C27H29Br2NO2/c1-6-30(7-2)26(31)32-25-23(18-8-12-21(28)13-9-18)16-20(27(3,4)5)17-24(25)19-10-14-22(29)15-11-19/h8-17H,6-7H2,1-5H3. The molecule has 0 saturated heterocycles. The van der Waals surface area contributed by atoms with Crippen LogP contribution in [0.1, 0.15) is 40.2 Å². The fraction of sp³-hybridized carbons (Fsp3) is 0.296. The number of carbonyl (C=O) groups is 1. The molecule has 0 aliphatic heterocycles. The van der Waals surface area contributed by atoms with Gasteiger partial charge in [0.05, 0.1) is 0 Å². The Hall–Kier alpha value is -2.11. The van der Waals surface area contributed by atoms with E-state index in [-0.39, 0.29) is 11.5 Å². The molecule has 0 radical (unpaired) electrons. The minimum Gasteiger partial charge on any atom is -0.409 e. The molecule has 0 N–H and O–H groups in total. The van der Waals surface area contributed by atoms with Gasteiger partial charge in [-0.15, -0.1) is 0 Å². The van der Waals surface area contributed by atoms with Crippen molar-refractivity contribution in [1.82, 2.24) is 4.90 Å². The summed E-state index contributed by atoms with van der Waals surface area (Å²) in [5.41, 5.74) is 4.91. The van der Waals surface area contributed by atoms with Crippen LogP contribution in [-0.4, -0.2) is 24.1 Å². The number of halogens is 2. The van der Waals surface area contributed by atoms with Crippen LogP contribution >= 0.6 is 31.9 Å². The Morgan fingerprint density at radius 2 is 1.22 bits per heavy atom. The highest BCUT2D eigenvalue weighted by Gasteiger charge is 2.24. The number of amides is 1. The molecular weight excluding hydrogens is 530 g/mol. The number of hydrogen-bond acceptors (Lipinski definition) is 2. The number of benzene rings is 3. The molecular formula is C27H29Br2NO2. The summed E-state index contributed by atoms with van der Waals surface area (Å²) in [5.74, 6) is 0.583. The van der Waals surface area contributed by atoms with Gasteiger partial charge >= 0.3 is 6.09 Å². The molecule has 1 amide bonds. The lowest BCUT2D eigenvalue weighted by atomic mass is 9.82. The van der Waals surface area contributed by atoms with E-state index in [4.69, 9.17) is 4.74 Å². The quantitative estimate of drug-likeness (QED) is 0.313. The first kappa shape index (κ1) is 24.5. The first-order valence-electron chi connectivity index (χ1n) is 10.8. The lowest BCUT2D eigenvalue weighted by Gasteiger charge is -2.25. The maximum absolute atomic E-state index is 13.0. The van der Waals surface area contributed by atoms with Crippen molar-refractivity contribution in [1.29, 1.82) is 0 Å². The Morgan fingerprint density at radius 3 is 1.56 bits per heavy atom. The molecule has 0 heterocycles. The van der Waals surface area contributed by atoms with E-state index in [1.807, 2.05) is 62.4 Å². The van der Waals surface area contributed by atoms with Gasteiger partial charge in [-0.1, -0.05) is 76.9 Å². The summed E-state index contributed by atoms with van der Waals surface area (Å²) in [5, 5.41) is 0. The number of carbonyl (C=O) groups excluding carboxylic acids is 1. The Morgan fingerprint density at radius 1 is 0.812 bits per heavy atom. The van der Waals surface area contributed by atoms with Crippen LogP contribution in [0.5, 0.6) is 5.75 Å². The molecule has 3 aromatic carbocycles. The van der Waals surface area contributed by atoms with Crippen molar-refractivity contribution in [3.63, 3.8) is 0 Å². The highest BCUT2D eigenvalue weighted by molar-refractivity contribution is 9.10. The van der Waals surface area contributed by atoms with E-state index in [1.54, 1.807) is 4.90 Å². The van der Waals surface area contributed by atoms with Crippen LogP contribution in [0.2, 0.25) is 0 Å². The molecule has 0 aromatic heterocycles. The monoisotopic (exact) mass is 557 g/mol. The summed E-state index contributed by atoms with van der Waals surface area (Å²) < 4.78 is 8.13. The summed E-state index contributed by atoms with van der Waals surface area (Å²) in [4.78, 5) is 14.7. The van der Waals surface area contributed by atoms with Crippen molar-refractivity contribution in [3.8, 4) is 28.0 Å². The Kier molecular flexibility index (Phi) is 7.84. The van der Waals surface area contributed by atoms with Crippen LogP contribution in [0.25, 0.3) is 22.3 Å². The summed E-state index contributed by atoms with van der Waals surface area (Å²) in [7, 11) is 0. The molecule has 168 valence electrons. The minimum absolute atomic E-state index is 0.0738. The summed E-state index contributed by atoms with van der Waals surface area (Å²) in [6.07, 6.45) is -0.338. The third-order valence-electron chi connectivity index (χ3n) is 5.48. The summed E-state index contributed by atoms with van der Waals surface area (Å²) in [6, 6.07) is 20.5. The zero-order chi connectivity index (χ0) is 23.5. The maximum Gasteiger partial charge on any atom is 0.415 e. The lowest BCUT2D eigenvalue weighted by molar-refractivity contribution is 0.157. The van der Waals surface area contributed by atoms with Crippen molar-refractivity contribution in [3.05, 3.63) is 75.2 Å². The zero-order valence-corrected chi connectivity index (χ0v) is 22.4. The average Bonchev–Trinajstić information content (AvgIpc) is 2.75. The van der Waals surface area contributed by atoms with Crippen molar-refractivity contribution in [2.24, 2.45) is 0 Å². The zero-order valence-electron chi connectivity index (χ0n) is 19.2. The second kappa shape index (κ2) is 10.2. The smallest absolute Gasteiger partial charge is 0.409 e. The third kappa shape index (κ3) is 5.62. The fourth-order valence-electron chi connectivity index (χ4n) is 3.49. The van der Waals surface area contributed by atoms with E-state index in [9.17, 15) is 4.79 Å². The van der Waals surface area contributed by atoms with Crippen molar-refractivity contribution < 1.29 is 9.53 Å². The van der Waals surface area contributed by atoms with Gasteiger partial charge in [0.2, 0.25) is 0 Å². The maximum atomic E-state index is 13.0. The fourth-order valence-corrected chi connectivity index (χ4v) is 4.02. The van der Waals surface area contributed by atoms with Gasteiger partial charge in [0.15, 0.2) is 0 Å². The molecule has 3 nitrogen and oxygen atoms in total. The number of ether oxygens (including phenoxy) is 1. The molecule has 0 bridgehead atoms. The first-order valence-corrected chi connectivity index (χ1v) is 12.4. The highest BCUT2D eigenvalue weighted by Crippen LogP contribution is 2.43. The van der Waals surface area contributed by atoms with Gasteiger partial charge in [-0.2, -0.15) is 0 Å². The molecule has 0 fully saturated rings. The van der Waals surface area contributed by atoms with Crippen LogP contribution in [0.3, 0.4) is 0 Å². The molecule has 0 atom stereocenters. The SMILES string of the molecule is CCN(CC)C(=O)Oc1c(-c2ccc(Br)cc2)cc(C(C)(C)C)cc1-c1ccc(Br)cc1. The van der Waals surface area contributed by atoms with Crippen molar-refractivity contribution in [2.75, 3.05) is 13.1 Å². The van der Waals surface area contributed by atoms with E-state index in [2.05, 4.69) is 64.8 Å². The van der Waals surface area contributed by atoms with Crippen LogP contribution in [0, 0.1) is 0 Å². The molecule has 32 heavy (non-hydrogen) atoms. The molecule has 0 unspecified atom stereocenters. The minimum atomic E-state index is -0.338. The second-order valence-electron chi connectivity index (χ2n) is 8.70. The van der Waals surface area contributed by atoms with E-state index >= 15 is 0 Å². The van der Waals surface area contributed by atoms with Gasteiger partial charge in [0, 0.05) is 33.2 Å². The lowest BCUT2D eigenvalue weighted by Crippen LogP contribution is -2.33. The van der Waals surface area contributed by atoms with Gasteiger partial charge in [0.1, 0.15) is 5.75 Å². The topological polar surface area (TPSA) is 29.5 Å². The molecule has 0 aliphatic rings. The Bertz CT molecular complexity index is 1010. The van der Waals surface area contributed by atoms with Crippen molar-refractivity contribution in [2.45, 2.75) is 40.0 Å². The molecule has 5 heteroatoms. The molecule has 3 aromatic rings. The third-order valence-corrected chi connectivity index (χ3v) is 6.53. The molecule has 0 saturated carbocycles. The van der Waals surface area contributed by atoms with E-state index in [1.165, 1.54) is 5.56 Å². The highest BCUT2D eigenvalue weighted by atomic mass is 79.9. The molecule has 3 rings (SSSR count). The van der Waals surface area contributed by atoms with Crippen LogP contribution in [0.4, 0.5) is 4.79 Å². The normalized spacial score (nSPS) is 11.3. The number of rotatable bonds is 5. The van der Waals surface area contributed by atoms with Crippen LogP contribution in [-0.2, 0) is 5.41 Å². The first-order chi connectivity index (χ1) is 15.1. The van der Waals surface area contributed by atoms with Gasteiger partial charge in [0.25, 0.3) is 0 Å². The predicted octanol–water partition coefficient (Wildman–Crippen LogP) is 8.68. The number of nitrogens with zero attached hydrogens (tertiary/aromatic N) is 1. The van der Waals surface area contributed by atoms with E-state index in [0.29, 0.717) is 18.8 Å². The average molecular weight is 559 g/mol. The second-order valence-corrected chi connectivity index (χ2v) is 10.5. The predicted molar refractivity (Wildman–Crippen MR) is 140 cm³/mol. The molecule has 0 aliphatic carbocycles. The number of hydrogen-bond donors (Lipinski definition) is 0. The molecule has 0 spiro atoms. The summed E-state index contributed by atoms with van der Waals surface area (Å²) in [6.45, 7) is 11.7. The van der Waals surface area contributed by atoms with Gasteiger partial charge in [-0.3, -0.25) is 0 Å². The van der Waals surface area contributed by atoms with Crippen LogP contribution in [0.15, 0.2) is 69.6 Å². The van der Waals surface area contributed by atoms with Gasteiger partial charge in [-0.05, 0) is 72.4 Å². The van der Waals surface area contributed by atoms with Crippen molar-refractivity contribution >= 4 is 38.0 Å². The largest absolute Gasteiger partial charge is 0.415 e. The van der Waals surface area contributed by atoms with Gasteiger partial charge < -0.3 is 9.64 Å². The van der Waals surface area contributed by atoms with Gasteiger partial charge in [-0.25, -0.2) is 4.79 Å².